The largest absolute Gasteiger partial charge is 0.478 e. The average molecular weight is 280 g/mol. The highest BCUT2D eigenvalue weighted by Crippen LogP contribution is 2.29. The van der Waals surface area contributed by atoms with Gasteiger partial charge >= 0.3 is 5.97 Å². The van der Waals surface area contributed by atoms with Crippen LogP contribution in [0.3, 0.4) is 0 Å². The molecule has 1 aromatic carbocycles. The van der Waals surface area contributed by atoms with Crippen molar-refractivity contribution in [2.75, 3.05) is 0 Å². The predicted octanol–water partition coefficient (Wildman–Crippen LogP) is 1.53. The van der Waals surface area contributed by atoms with Gasteiger partial charge in [0.25, 0.3) is 14.7 Å². The van der Waals surface area contributed by atoms with E-state index in [1.165, 1.54) is 6.92 Å². The molecule has 1 rings (SSSR count). The summed E-state index contributed by atoms with van der Waals surface area (Å²) in [5, 5.41) is 19.4. The van der Waals surface area contributed by atoms with Crippen molar-refractivity contribution in [1.82, 2.24) is 0 Å². The number of hydrogen-bond donors (Lipinski definition) is 1. The van der Waals surface area contributed by atoms with Crippen LogP contribution in [-0.4, -0.2) is 24.4 Å². The summed E-state index contributed by atoms with van der Waals surface area (Å²) in [4.78, 5) is 19.9. The second-order valence-corrected chi connectivity index (χ2v) is 5.65. The van der Waals surface area contributed by atoms with E-state index >= 15 is 0 Å². The van der Waals surface area contributed by atoms with E-state index in [0.717, 1.165) is 12.1 Å². The van der Waals surface area contributed by atoms with Gasteiger partial charge in [0.15, 0.2) is 0 Å². The third-order valence-corrected chi connectivity index (χ3v) is 3.49. The maximum atomic E-state index is 11.2. The Morgan fingerprint density at radius 3 is 2.35 bits per heavy atom. The Morgan fingerprint density at radius 1 is 1.47 bits per heavy atom. The lowest BCUT2D eigenvalue weighted by Crippen LogP contribution is -2.05. The molecule has 0 amide bonds. The van der Waals surface area contributed by atoms with E-state index in [-0.39, 0.29) is 5.56 Å². The minimum absolute atomic E-state index is 0.199. The summed E-state index contributed by atoms with van der Waals surface area (Å²) in [6.45, 7) is 1.18. The van der Waals surface area contributed by atoms with Crippen LogP contribution in [0.15, 0.2) is 17.0 Å². The first-order chi connectivity index (χ1) is 7.64. The first-order valence-electron chi connectivity index (χ1n) is 4.11. The van der Waals surface area contributed by atoms with Gasteiger partial charge in [0, 0.05) is 22.3 Å². The van der Waals surface area contributed by atoms with Crippen molar-refractivity contribution in [3.05, 3.63) is 33.4 Å². The van der Waals surface area contributed by atoms with E-state index in [9.17, 15) is 23.3 Å². The molecule has 0 aromatic heterocycles. The van der Waals surface area contributed by atoms with Crippen molar-refractivity contribution < 1.29 is 23.2 Å². The number of nitro benzene ring substituents is 1. The van der Waals surface area contributed by atoms with E-state index in [1.807, 2.05) is 0 Å². The van der Waals surface area contributed by atoms with Crippen LogP contribution in [0.2, 0.25) is 0 Å². The normalized spacial score (nSPS) is 11.2. The number of rotatable bonds is 3. The van der Waals surface area contributed by atoms with E-state index in [4.69, 9.17) is 15.8 Å². The smallest absolute Gasteiger partial charge is 0.335 e. The molecule has 0 heterocycles. The van der Waals surface area contributed by atoms with Crippen LogP contribution >= 0.6 is 10.7 Å². The summed E-state index contributed by atoms with van der Waals surface area (Å²) in [5.74, 6) is -1.48. The van der Waals surface area contributed by atoms with Crippen LogP contribution in [0.4, 0.5) is 5.69 Å². The fourth-order valence-electron chi connectivity index (χ4n) is 1.24. The molecule has 9 heteroatoms. The standard InChI is InChI=1S/C8H6ClNO6S/c1-4-6(10(13)14)2-5(8(11)12)3-7(4)17(9,15)16/h2-3H,1H3,(H,11,12). The fourth-order valence-corrected chi connectivity index (χ4v) is 2.46. The number of benzene rings is 1. The van der Waals surface area contributed by atoms with Crippen molar-refractivity contribution in [3.8, 4) is 0 Å². The molecule has 1 aromatic rings. The van der Waals surface area contributed by atoms with Gasteiger partial charge in [-0.3, -0.25) is 10.1 Å². The highest BCUT2D eigenvalue weighted by molar-refractivity contribution is 8.13. The Balaban J connectivity index is 3.73. The van der Waals surface area contributed by atoms with E-state index in [0.29, 0.717) is 0 Å². The van der Waals surface area contributed by atoms with Crippen molar-refractivity contribution in [2.45, 2.75) is 11.8 Å². The fraction of sp³-hybridized carbons (Fsp3) is 0.125. The lowest BCUT2D eigenvalue weighted by Gasteiger charge is -2.04. The Hall–Kier alpha value is -1.67. The molecule has 0 bridgehead atoms. The Morgan fingerprint density at radius 2 is 2.00 bits per heavy atom. The van der Waals surface area contributed by atoms with E-state index in [2.05, 4.69) is 0 Å². The Bertz CT molecular complexity index is 609. The van der Waals surface area contributed by atoms with E-state index < -0.39 is 36.1 Å². The van der Waals surface area contributed by atoms with Gasteiger partial charge in [-0.2, -0.15) is 0 Å². The van der Waals surface area contributed by atoms with Crippen LogP contribution in [0, 0.1) is 17.0 Å². The average Bonchev–Trinajstić information content (AvgIpc) is 2.15. The summed E-state index contributed by atoms with van der Waals surface area (Å²) < 4.78 is 22.3. The van der Waals surface area contributed by atoms with Crippen molar-refractivity contribution in [2.24, 2.45) is 0 Å². The van der Waals surface area contributed by atoms with Gasteiger partial charge in [-0.15, -0.1) is 0 Å². The summed E-state index contributed by atoms with van der Waals surface area (Å²) in [5.41, 5.74) is -1.32. The highest BCUT2D eigenvalue weighted by atomic mass is 35.7. The van der Waals surface area contributed by atoms with Crippen LogP contribution in [0.5, 0.6) is 0 Å². The monoisotopic (exact) mass is 279 g/mol. The van der Waals surface area contributed by atoms with Gasteiger partial charge in [-0.1, -0.05) is 0 Å². The zero-order valence-corrected chi connectivity index (χ0v) is 9.95. The summed E-state index contributed by atoms with van der Waals surface area (Å²) in [7, 11) is 0.833. The SMILES string of the molecule is Cc1c([N+](=O)[O-])cc(C(=O)O)cc1S(=O)(=O)Cl. The van der Waals surface area contributed by atoms with Crippen molar-refractivity contribution >= 4 is 31.4 Å². The molecule has 1 N–H and O–H groups in total. The molecule has 0 spiro atoms. The van der Waals surface area contributed by atoms with Crippen LogP contribution in [0.1, 0.15) is 15.9 Å². The number of halogens is 1. The van der Waals surface area contributed by atoms with Crippen LogP contribution < -0.4 is 0 Å². The second-order valence-electron chi connectivity index (χ2n) is 3.12. The van der Waals surface area contributed by atoms with E-state index in [1.54, 1.807) is 0 Å². The topological polar surface area (TPSA) is 115 Å². The number of aromatic carboxylic acids is 1. The number of carbonyl (C=O) groups is 1. The van der Waals surface area contributed by atoms with Gasteiger partial charge in [0.2, 0.25) is 0 Å². The predicted molar refractivity (Wildman–Crippen MR) is 57.8 cm³/mol. The van der Waals surface area contributed by atoms with Crippen molar-refractivity contribution in [3.63, 3.8) is 0 Å². The number of carboxylic acid groups (broad SMARTS) is 1. The van der Waals surface area contributed by atoms with Crippen LogP contribution in [-0.2, 0) is 9.05 Å². The molecular weight excluding hydrogens is 274 g/mol. The molecule has 0 atom stereocenters. The minimum Gasteiger partial charge on any atom is -0.478 e. The summed E-state index contributed by atoms with van der Waals surface area (Å²) in [6, 6.07) is 1.57. The highest BCUT2D eigenvalue weighted by Gasteiger charge is 2.24. The summed E-state index contributed by atoms with van der Waals surface area (Å²) >= 11 is 0. The molecule has 0 radical (unpaired) electrons. The lowest BCUT2D eigenvalue weighted by molar-refractivity contribution is -0.385. The van der Waals surface area contributed by atoms with Gasteiger partial charge in [-0.25, -0.2) is 13.2 Å². The molecule has 0 aliphatic carbocycles. The lowest BCUT2D eigenvalue weighted by atomic mass is 10.1. The van der Waals surface area contributed by atoms with Crippen molar-refractivity contribution in [1.29, 1.82) is 0 Å². The first-order valence-corrected chi connectivity index (χ1v) is 6.42. The van der Waals surface area contributed by atoms with Gasteiger partial charge < -0.3 is 5.11 Å². The second kappa shape index (κ2) is 4.30. The first kappa shape index (κ1) is 13.4. The molecule has 0 aliphatic rings. The minimum atomic E-state index is -4.24. The van der Waals surface area contributed by atoms with Gasteiger partial charge in [-0.05, 0) is 13.0 Å². The molecule has 0 saturated carbocycles. The maximum absolute atomic E-state index is 11.2. The Kier molecular flexibility index (Phi) is 3.39. The Labute approximate surface area is 100 Å². The molecular formula is C8H6ClNO6S. The third kappa shape index (κ3) is 2.71. The van der Waals surface area contributed by atoms with Gasteiger partial charge in [0.05, 0.1) is 15.4 Å². The molecule has 0 unspecified atom stereocenters. The van der Waals surface area contributed by atoms with Gasteiger partial charge in [0.1, 0.15) is 0 Å². The molecule has 92 valence electrons. The number of hydrogen-bond acceptors (Lipinski definition) is 5. The molecule has 0 fully saturated rings. The zero-order valence-electron chi connectivity index (χ0n) is 8.38. The third-order valence-electron chi connectivity index (χ3n) is 2.04. The molecule has 17 heavy (non-hydrogen) atoms. The number of nitro groups is 1. The maximum Gasteiger partial charge on any atom is 0.335 e. The number of nitrogens with zero attached hydrogens (tertiary/aromatic N) is 1. The quantitative estimate of drug-likeness (QED) is 0.510. The molecule has 7 nitrogen and oxygen atoms in total. The zero-order chi connectivity index (χ0) is 13.4. The molecule has 0 saturated heterocycles. The summed E-state index contributed by atoms with van der Waals surface area (Å²) in [6.07, 6.45) is 0. The van der Waals surface area contributed by atoms with Crippen LogP contribution in [0.25, 0.3) is 0 Å². The number of carboxylic acids is 1. The molecule has 0 aliphatic heterocycles.